The molecule has 0 saturated heterocycles. The second-order valence-corrected chi connectivity index (χ2v) is 29.5. The van der Waals surface area contributed by atoms with E-state index in [-0.39, 0.29) is 80.5 Å². The maximum Gasteiger partial charge on any atom is 0.191 e. The first-order chi connectivity index (χ1) is 58.3. The van der Waals surface area contributed by atoms with Crippen LogP contribution in [0, 0.1) is 38.2 Å². The fourth-order valence-electron chi connectivity index (χ4n) is 12.7. The highest BCUT2D eigenvalue weighted by molar-refractivity contribution is 7.99. The number of benzene rings is 3. The van der Waals surface area contributed by atoms with Crippen LogP contribution in [0.15, 0.2) is 70.1 Å². The lowest BCUT2D eigenvalue weighted by atomic mass is 10.1. The highest BCUT2D eigenvalue weighted by Crippen LogP contribution is 2.48. The van der Waals surface area contributed by atoms with E-state index in [1.807, 2.05) is 20.8 Å². The minimum Gasteiger partial charge on any atom is -0.394 e. The van der Waals surface area contributed by atoms with Gasteiger partial charge in [0.2, 0.25) is 0 Å². The summed E-state index contributed by atoms with van der Waals surface area (Å²) < 4.78 is 200. The number of aliphatic hydroxyl groups is 9. The van der Waals surface area contributed by atoms with Crippen LogP contribution >= 0.6 is 35.3 Å². The Morgan fingerprint density at radius 3 is 1.09 bits per heavy atom. The van der Waals surface area contributed by atoms with Crippen LogP contribution in [0.2, 0.25) is 0 Å². The van der Waals surface area contributed by atoms with Crippen LogP contribution in [-0.4, -0.2) is 251 Å². The first-order valence-corrected chi connectivity index (χ1v) is 37.8. The first-order valence-electron chi connectivity index (χ1n) is 43.4. The summed E-state index contributed by atoms with van der Waals surface area (Å²) in [6, 6.07) is 4.39. The first kappa shape index (κ1) is 59.6. The van der Waals surface area contributed by atoms with E-state index in [9.17, 15) is 59.1 Å². The van der Waals surface area contributed by atoms with Crippen molar-refractivity contribution in [2.24, 2.45) is 0 Å². The number of nitrogens with one attached hydrogen (secondary N) is 3. The molecule has 9 aromatic rings. The van der Waals surface area contributed by atoms with Crippen LogP contribution in [0.4, 0.5) is 30.6 Å². The van der Waals surface area contributed by atoms with Crippen LogP contribution < -0.4 is 16.0 Å². The molecule has 15 rings (SSSR count). The van der Waals surface area contributed by atoms with E-state index in [1.54, 1.807) is 45.0 Å². The minimum absolute atomic E-state index is 0.00701. The SMILES string of the molecule is [2H]C([2H])(CO)O[C@H]1C[C@@H](n2nnc3c(N[C@@]4([2H])[C@H](c5ccc(C)c(F)c5)C4([2H])[2H])nc(SCCC)nc32)[C@H](O)[C@@H]1O.[2H]C([2H])(O)C([2H])([2H])O[C@H]1C[C@@H](n2nnc3c(N[C@@]4([2H])[C@H](c5ccc(C)c(F)c5)C4([2H])[2H])nc(SCCC)nc32)[C@H](O)[C@@H]1O.[2H]C([2H])(O)CO[C@H]1C[C@@H](n2nnc3c(N[C@@]4([2H])[C@H](c5ccc(C)c(F)c5)C4([2H])[2H])nc(SCCC)nc32)[C@H](O)[C@@H]1O. The molecule has 3 aromatic carbocycles. The molecule has 0 aliphatic heterocycles. The molecular formula is C72H93F3N18O12S3. The number of anilines is 3. The monoisotopic (exact) mass is 1570 g/mol. The van der Waals surface area contributed by atoms with Gasteiger partial charge in [0, 0.05) is 80.6 Å². The van der Waals surface area contributed by atoms with Crippen molar-refractivity contribution in [1.82, 2.24) is 74.9 Å². The largest absolute Gasteiger partial charge is 0.394 e. The molecule has 6 fully saturated rings. The summed E-state index contributed by atoms with van der Waals surface area (Å²) >= 11 is 3.91. The zero-order valence-corrected chi connectivity index (χ0v) is 61.4. The van der Waals surface area contributed by atoms with Crippen molar-refractivity contribution in [2.45, 2.75) is 224 Å². The van der Waals surface area contributed by atoms with Gasteiger partial charge in [-0.05, 0) is 111 Å². The van der Waals surface area contributed by atoms with E-state index in [4.69, 9.17) is 37.5 Å². The van der Waals surface area contributed by atoms with Crippen LogP contribution in [0.3, 0.4) is 0 Å². The summed E-state index contributed by atoms with van der Waals surface area (Å²) in [6.45, 7) is -2.63. The van der Waals surface area contributed by atoms with Crippen molar-refractivity contribution >= 4 is 86.2 Å². The minimum atomic E-state index is -3.39. The van der Waals surface area contributed by atoms with Crippen LogP contribution in [0.25, 0.3) is 33.5 Å². The van der Waals surface area contributed by atoms with Gasteiger partial charge < -0.3 is 76.1 Å². The standard InChI is InChI=1S/3C24H31FN6O4S/c3*1-3-8-36-24-27-22(26-16-10-14(16)13-5-4-12(2)15(25)9-13)19-23(28-24)31(30-29-19)17-11-18(35-7-6-32)21(34)20(17)33/h3*4-5,9,14,16-18,20-21,32-34H,3,6-8,10-11H2,1-2H3,(H,26,27,28)/t3*14-,16+,17+,18-,20-,21+/m000/s1/i6D2,7D2,10D2,16D;7D2,10D2,16D;6D2,10D2,16D. The average molecular weight is 1570 g/mol. The second-order valence-electron chi connectivity index (χ2n) is 26.3. The van der Waals surface area contributed by atoms with Crippen molar-refractivity contribution in [3.05, 3.63) is 105 Å². The zero-order valence-electron chi connectivity index (χ0n) is 76.0. The van der Waals surface area contributed by atoms with Gasteiger partial charge in [-0.1, -0.05) is 108 Å². The number of hydrogen-bond acceptors (Lipinski definition) is 30. The molecule has 0 unspecified atom stereocenters. The molecule has 0 radical (unpaired) electrons. The Morgan fingerprint density at radius 2 is 0.796 bits per heavy atom. The molecule has 18 atom stereocenters. The molecule has 6 heterocycles. The van der Waals surface area contributed by atoms with E-state index in [0.717, 1.165) is 19.3 Å². The zero-order chi connectivity index (χ0) is 91.5. The molecule has 12 N–H and O–H groups in total. The predicted octanol–water partition coefficient (Wildman–Crippen LogP) is 6.55. The van der Waals surface area contributed by atoms with E-state index in [1.165, 1.54) is 79.7 Å². The number of fused-ring (bicyclic) bond motifs is 3. The van der Waals surface area contributed by atoms with Crippen molar-refractivity contribution in [2.75, 3.05) is 72.7 Å². The van der Waals surface area contributed by atoms with Crippen LogP contribution in [0.1, 0.15) is 171 Å². The van der Waals surface area contributed by atoms with Gasteiger partial charge in [0.15, 0.2) is 66.4 Å². The number of rotatable bonds is 30. The van der Waals surface area contributed by atoms with Gasteiger partial charge in [-0.25, -0.2) is 57.1 Å². The van der Waals surface area contributed by atoms with Gasteiger partial charge >= 0.3 is 0 Å². The number of ether oxygens (including phenoxy) is 3. The van der Waals surface area contributed by atoms with Crippen molar-refractivity contribution in [3.8, 4) is 0 Å². The van der Waals surface area contributed by atoms with Crippen molar-refractivity contribution in [3.63, 3.8) is 0 Å². The lowest BCUT2D eigenvalue weighted by Gasteiger charge is -2.17. The number of halogens is 3. The van der Waals surface area contributed by atoms with Crippen molar-refractivity contribution < 1.29 is 96.6 Å². The molecule has 0 bridgehead atoms. The quantitative estimate of drug-likeness (QED) is 0.0168. The third-order valence-electron chi connectivity index (χ3n) is 18.7. The Balaban J connectivity index is 0.000000161. The van der Waals surface area contributed by atoms with Crippen molar-refractivity contribution in [1.29, 1.82) is 0 Å². The third-order valence-corrected chi connectivity index (χ3v) is 21.9. The maximum atomic E-state index is 14.3. The van der Waals surface area contributed by atoms with Crippen LogP contribution in [0.5, 0.6) is 0 Å². The Labute approximate surface area is 657 Å². The van der Waals surface area contributed by atoms with E-state index in [2.05, 4.69) is 76.8 Å². The highest BCUT2D eigenvalue weighted by atomic mass is 32.2. The molecule has 6 aromatic heterocycles. The third kappa shape index (κ3) is 17.5. The number of aliphatic hydroxyl groups excluding tert-OH is 7. The van der Waals surface area contributed by atoms with Gasteiger partial charge in [0.1, 0.15) is 54.1 Å². The summed E-state index contributed by atoms with van der Waals surface area (Å²) in [5, 5.41) is 126. The summed E-state index contributed by atoms with van der Waals surface area (Å²) in [5.74, 6) is -2.58. The molecule has 0 amide bonds. The Kier molecular flexibility index (Phi) is 19.4. The van der Waals surface area contributed by atoms with Gasteiger partial charge in [-0.15, -0.1) is 15.3 Å². The summed E-state index contributed by atoms with van der Waals surface area (Å²) in [7, 11) is 0. The molecule has 0 spiro atoms. The number of hydrogen-bond donors (Lipinski definition) is 12. The summed E-state index contributed by atoms with van der Waals surface area (Å²) in [4.78, 5) is 27.0. The normalized spacial score (nSPS) is 33.9. The summed E-state index contributed by atoms with van der Waals surface area (Å²) in [6.07, 6.45) is -16.8. The molecule has 6 aliphatic rings. The maximum absolute atomic E-state index is 14.3. The van der Waals surface area contributed by atoms with E-state index < -0.39 is 185 Å². The second kappa shape index (κ2) is 35.1. The Morgan fingerprint density at radius 1 is 0.472 bits per heavy atom. The molecule has 582 valence electrons. The Hall–Kier alpha value is -7.14. The van der Waals surface area contributed by atoms with Crippen LogP contribution in [-0.2, 0) is 14.2 Å². The molecule has 30 nitrogen and oxygen atoms in total. The fraction of sp³-hybridized carbons (Fsp3) is 0.583. The van der Waals surface area contributed by atoms with Gasteiger partial charge in [0.25, 0.3) is 0 Å². The lowest BCUT2D eigenvalue weighted by Crippen LogP contribution is -2.33. The topological polar surface area (TPSA) is 415 Å². The van der Waals surface area contributed by atoms with Gasteiger partial charge in [-0.3, -0.25) is 0 Å². The number of thioether (sulfide) groups is 3. The number of nitrogens with zero attached hydrogens (tertiary/aromatic N) is 15. The highest BCUT2D eigenvalue weighted by Gasteiger charge is 2.49. The average Bonchev–Trinajstić information content (AvgIpc) is 1.52. The number of aryl methyl sites for hydroxylation is 3. The van der Waals surface area contributed by atoms with Gasteiger partial charge in [0.05, 0.1) is 91.0 Å². The number of aromatic nitrogens is 15. The molecular weight excluding hydrogens is 1460 g/mol. The molecule has 6 saturated carbocycles. The van der Waals surface area contributed by atoms with E-state index >= 15 is 0 Å². The van der Waals surface area contributed by atoms with E-state index in [0.29, 0.717) is 55.8 Å². The fourth-order valence-corrected chi connectivity index (χ4v) is 14.8. The van der Waals surface area contributed by atoms with Gasteiger partial charge in [-0.2, -0.15) is 0 Å². The molecule has 36 heteroatoms. The summed E-state index contributed by atoms with van der Waals surface area (Å²) in [5.41, 5.74) is 2.75. The molecule has 6 aliphatic carbocycles. The predicted molar refractivity (Wildman–Crippen MR) is 398 cm³/mol. The lowest BCUT2D eigenvalue weighted by molar-refractivity contribution is -0.0629. The molecule has 108 heavy (non-hydrogen) atoms. The Bertz CT molecular complexity index is 5460. The smallest absolute Gasteiger partial charge is 0.191 e.